The Morgan fingerprint density at radius 1 is 1.17 bits per heavy atom. The Hall–Kier alpha value is -2.03. The molecule has 1 amide bonds. The Morgan fingerprint density at radius 3 is 2.57 bits per heavy atom. The Morgan fingerprint density at radius 2 is 1.91 bits per heavy atom. The maximum atomic E-state index is 12.9. The molecule has 122 valence electrons. The van der Waals surface area contributed by atoms with Crippen molar-refractivity contribution in [3.63, 3.8) is 0 Å². The van der Waals surface area contributed by atoms with E-state index >= 15 is 0 Å². The fourth-order valence-electron chi connectivity index (χ4n) is 3.49. The van der Waals surface area contributed by atoms with Gasteiger partial charge in [0, 0.05) is 12.5 Å². The highest BCUT2D eigenvalue weighted by Gasteiger charge is 2.28. The van der Waals surface area contributed by atoms with Gasteiger partial charge in [-0.1, -0.05) is 50.1 Å². The highest BCUT2D eigenvalue weighted by molar-refractivity contribution is 5.77. The van der Waals surface area contributed by atoms with Crippen LogP contribution >= 0.6 is 0 Å². The lowest BCUT2D eigenvalue weighted by atomic mass is 9.97. The molecule has 1 unspecified atom stereocenters. The van der Waals surface area contributed by atoms with Gasteiger partial charge in [0.1, 0.15) is 5.76 Å². The SMILES string of the molecule is CC(CC(=O)N(Cc1ccco1)C1CCCC1)c1ccccc1. The minimum absolute atomic E-state index is 0.240. The molecule has 3 heteroatoms. The normalized spacial score (nSPS) is 16.4. The standard InChI is InChI=1S/C20H25NO2/c1-16(17-8-3-2-4-9-17)14-20(22)21(18-10-5-6-11-18)15-19-12-7-13-23-19/h2-4,7-9,12-13,16,18H,5-6,10-11,14-15H2,1H3. The number of benzene rings is 1. The van der Waals surface area contributed by atoms with Gasteiger partial charge < -0.3 is 9.32 Å². The van der Waals surface area contributed by atoms with Gasteiger partial charge in [0.2, 0.25) is 5.91 Å². The molecule has 1 saturated carbocycles. The molecule has 0 spiro atoms. The van der Waals surface area contributed by atoms with E-state index in [4.69, 9.17) is 4.42 Å². The van der Waals surface area contributed by atoms with E-state index in [1.54, 1.807) is 6.26 Å². The molecular weight excluding hydrogens is 286 g/mol. The summed E-state index contributed by atoms with van der Waals surface area (Å²) in [7, 11) is 0. The van der Waals surface area contributed by atoms with Crippen LogP contribution in [-0.4, -0.2) is 16.8 Å². The van der Waals surface area contributed by atoms with Crippen LogP contribution in [0.4, 0.5) is 0 Å². The first-order valence-electron chi connectivity index (χ1n) is 8.61. The molecule has 0 N–H and O–H groups in total. The number of hydrogen-bond donors (Lipinski definition) is 0. The van der Waals surface area contributed by atoms with Crippen LogP contribution < -0.4 is 0 Å². The first-order valence-corrected chi connectivity index (χ1v) is 8.61. The van der Waals surface area contributed by atoms with Gasteiger partial charge in [0.25, 0.3) is 0 Å². The van der Waals surface area contributed by atoms with Crippen LogP contribution in [0.2, 0.25) is 0 Å². The fourth-order valence-corrected chi connectivity index (χ4v) is 3.49. The van der Waals surface area contributed by atoms with Crippen LogP contribution in [0.5, 0.6) is 0 Å². The van der Waals surface area contributed by atoms with E-state index in [-0.39, 0.29) is 11.8 Å². The number of furan rings is 1. The van der Waals surface area contributed by atoms with Crippen molar-refractivity contribution >= 4 is 5.91 Å². The average molecular weight is 311 g/mol. The lowest BCUT2D eigenvalue weighted by Gasteiger charge is -2.29. The van der Waals surface area contributed by atoms with Gasteiger partial charge >= 0.3 is 0 Å². The number of amides is 1. The number of hydrogen-bond acceptors (Lipinski definition) is 2. The third-order valence-corrected chi connectivity index (χ3v) is 4.84. The molecule has 3 rings (SSSR count). The first kappa shape index (κ1) is 15.9. The second-order valence-electron chi connectivity index (χ2n) is 6.56. The molecule has 0 bridgehead atoms. The van der Waals surface area contributed by atoms with Gasteiger partial charge in [-0.3, -0.25) is 4.79 Å². The van der Waals surface area contributed by atoms with Crippen LogP contribution in [0, 0.1) is 0 Å². The number of carbonyl (C=O) groups is 1. The molecule has 0 aliphatic heterocycles. The van der Waals surface area contributed by atoms with E-state index in [0.29, 0.717) is 19.0 Å². The summed E-state index contributed by atoms with van der Waals surface area (Å²) in [5.41, 5.74) is 1.23. The van der Waals surface area contributed by atoms with Gasteiger partial charge in [0.15, 0.2) is 0 Å². The van der Waals surface area contributed by atoms with Crippen LogP contribution in [0.25, 0.3) is 0 Å². The largest absolute Gasteiger partial charge is 0.467 e. The maximum absolute atomic E-state index is 12.9. The smallest absolute Gasteiger partial charge is 0.223 e. The monoisotopic (exact) mass is 311 g/mol. The molecule has 1 aromatic carbocycles. The summed E-state index contributed by atoms with van der Waals surface area (Å²) in [6.45, 7) is 2.73. The van der Waals surface area contributed by atoms with Gasteiger partial charge in [-0.2, -0.15) is 0 Å². The highest BCUT2D eigenvalue weighted by Crippen LogP contribution is 2.28. The highest BCUT2D eigenvalue weighted by atomic mass is 16.3. The summed E-state index contributed by atoms with van der Waals surface area (Å²) in [5, 5.41) is 0. The summed E-state index contributed by atoms with van der Waals surface area (Å²) in [6.07, 6.45) is 6.92. The zero-order valence-electron chi connectivity index (χ0n) is 13.8. The second kappa shape index (κ2) is 7.49. The Kier molecular flexibility index (Phi) is 5.16. The van der Waals surface area contributed by atoms with Crippen molar-refractivity contribution in [2.45, 2.75) is 57.5 Å². The summed E-state index contributed by atoms with van der Waals surface area (Å²) in [5.74, 6) is 1.35. The minimum Gasteiger partial charge on any atom is -0.467 e. The Balaban J connectivity index is 1.69. The molecule has 2 aromatic rings. The van der Waals surface area contributed by atoms with Crippen molar-refractivity contribution in [2.75, 3.05) is 0 Å². The van der Waals surface area contributed by atoms with Crippen LogP contribution in [-0.2, 0) is 11.3 Å². The molecule has 0 radical (unpaired) electrons. The maximum Gasteiger partial charge on any atom is 0.223 e. The molecule has 3 nitrogen and oxygen atoms in total. The molecule has 0 saturated heterocycles. The molecule has 1 atom stereocenters. The van der Waals surface area contributed by atoms with E-state index in [2.05, 4.69) is 19.1 Å². The van der Waals surface area contributed by atoms with E-state index in [0.717, 1.165) is 18.6 Å². The van der Waals surface area contributed by atoms with E-state index < -0.39 is 0 Å². The first-order chi connectivity index (χ1) is 11.2. The predicted molar refractivity (Wildman–Crippen MR) is 91.0 cm³/mol. The molecule has 1 fully saturated rings. The van der Waals surface area contributed by atoms with Gasteiger partial charge in [-0.05, 0) is 36.5 Å². The third-order valence-electron chi connectivity index (χ3n) is 4.84. The third kappa shape index (κ3) is 4.04. The molecule has 23 heavy (non-hydrogen) atoms. The minimum atomic E-state index is 0.240. The molecule has 1 heterocycles. The summed E-state index contributed by atoms with van der Waals surface area (Å²) in [4.78, 5) is 15.0. The van der Waals surface area contributed by atoms with Gasteiger partial charge in [-0.15, -0.1) is 0 Å². The zero-order valence-corrected chi connectivity index (χ0v) is 13.8. The number of nitrogens with zero attached hydrogens (tertiary/aromatic N) is 1. The van der Waals surface area contributed by atoms with Crippen LogP contribution in [0.1, 0.15) is 56.3 Å². The van der Waals surface area contributed by atoms with E-state index in [1.807, 2.05) is 35.2 Å². The van der Waals surface area contributed by atoms with Crippen LogP contribution in [0.15, 0.2) is 53.1 Å². The fraction of sp³-hybridized carbons (Fsp3) is 0.450. The zero-order chi connectivity index (χ0) is 16.1. The van der Waals surface area contributed by atoms with Crippen molar-refractivity contribution < 1.29 is 9.21 Å². The van der Waals surface area contributed by atoms with E-state index in [9.17, 15) is 4.79 Å². The molecule has 1 aliphatic carbocycles. The lowest BCUT2D eigenvalue weighted by Crippen LogP contribution is -2.38. The van der Waals surface area contributed by atoms with E-state index in [1.165, 1.54) is 18.4 Å². The summed E-state index contributed by atoms with van der Waals surface area (Å²) < 4.78 is 5.47. The molecular formula is C20H25NO2. The van der Waals surface area contributed by atoms with Gasteiger partial charge in [0.05, 0.1) is 12.8 Å². The van der Waals surface area contributed by atoms with Crippen molar-refractivity contribution in [1.82, 2.24) is 4.90 Å². The molecule has 1 aliphatic rings. The number of rotatable bonds is 6. The number of carbonyl (C=O) groups excluding carboxylic acids is 1. The lowest BCUT2D eigenvalue weighted by molar-refractivity contribution is -0.134. The summed E-state index contributed by atoms with van der Waals surface area (Å²) in [6, 6.07) is 14.5. The topological polar surface area (TPSA) is 33.5 Å². The second-order valence-corrected chi connectivity index (χ2v) is 6.56. The van der Waals surface area contributed by atoms with Crippen LogP contribution in [0.3, 0.4) is 0 Å². The van der Waals surface area contributed by atoms with Crippen molar-refractivity contribution in [3.8, 4) is 0 Å². The predicted octanol–water partition coefficient (Wildman–Crippen LogP) is 4.74. The van der Waals surface area contributed by atoms with Crippen molar-refractivity contribution in [1.29, 1.82) is 0 Å². The average Bonchev–Trinajstić information content (AvgIpc) is 3.27. The quantitative estimate of drug-likeness (QED) is 0.771. The van der Waals surface area contributed by atoms with Crippen molar-refractivity contribution in [2.24, 2.45) is 0 Å². The summed E-state index contributed by atoms with van der Waals surface area (Å²) >= 11 is 0. The molecule has 1 aromatic heterocycles. The van der Waals surface area contributed by atoms with Crippen molar-refractivity contribution in [3.05, 3.63) is 60.1 Å². The Bertz CT molecular complexity index is 600. The van der Waals surface area contributed by atoms with Gasteiger partial charge in [-0.25, -0.2) is 0 Å². The Labute approximate surface area is 138 Å².